The second kappa shape index (κ2) is 9.04. The van der Waals surface area contributed by atoms with Gasteiger partial charge < -0.3 is 14.2 Å². The molecule has 2 aromatic rings. The van der Waals surface area contributed by atoms with E-state index >= 15 is 0 Å². The highest BCUT2D eigenvalue weighted by molar-refractivity contribution is 5.97. The van der Waals surface area contributed by atoms with Gasteiger partial charge in [-0.2, -0.15) is 5.26 Å². The van der Waals surface area contributed by atoms with Crippen molar-refractivity contribution in [3.05, 3.63) is 65.2 Å². The molecule has 6 nitrogen and oxygen atoms in total. The highest BCUT2D eigenvalue weighted by atomic mass is 16.6. The number of hydrogen-bond acceptors (Lipinski definition) is 6. The fraction of sp³-hybridized carbons (Fsp3) is 0.150. The van der Waals surface area contributed by atoms with E-state index in [1.54, 1.807) is 30.3 Å². The molecule has 2 aromatic carbocycles. The first-order valence-corrected chi connectivity index (χ1v) is 7.72. The third-order valence-electron chi connectivity index (χ3n) is 3.27. The van der Waals surface area contributed by atoms with Crippen LogP contribution in [0, 0.1) is 18.3 Å². The number of rotatable bonds is 6. The van der Waals surface area contributed by atoms with Gasteiger partial charge in [0.1, 0.15) is 23.1 Å². The Hall–Kier alpha value is -3.59. The van der Waals surface area contributed by atoms with E-state index in [4.69, 9.17) is 14.7 Å². The number of aryl methyl sites for hydroxylation is 1. The zero-order valence-electron chi connectivity index (χ0n) is 14.4. The molecule has 2 rings (SSSR count). The van der Waals surface area contributed by atoms with Crippen LogP contribution in [-0.4, -0.2) is 25.7 Å². The van der Waals surface area contributed by atoms with Crippen LogP contribution in [0.15, 0.2) is 54.1 Å². The Labute approximate surface area is 151 Å². The number of carbonyl (C=O) groups is 2. The van der Waals surface area contributed by atoms with Gasteiger partial charge in [-0.05, 0) is 48.4 Å². The lowest BCUT2D eigenvalue weighted by atomic mass is 10.1. The molecule has 0 saturated heterocycles. The molecule has 0 aliphatic heterocycles. The molecule has 132 valence electrons. The second-order valence-electron chi connectivity index (χ2n) is 5.31. The van der Waals surface area contributed by atoms with E-state index in [1.165, 1.54) is 19.3 Å². The van der Waals surface area contributed by atoms with E-state index in [-0.39, 0.29) is 17.9 Å². The lowest BCUT2D eigenvalue weighted by Gasteiger charge is -2.08. The molecule has 6 heteroatoms. The maximum Gasteiger partial charge on any atom is 0.349 e. The maximum atomic E-state index is 11.9. The topological polar surface area (TPSA) is 85.6 Å². The van der Waals surface area contributed by atoms with Crippen LogP contribution in [0.5, 0.6) is 11.5 Å². The molecular weight excluding hydrogens is 334 g/mol. The summed E-state index contributed by atoms with van der Waals surface area (Å²) in [7, 11) is 1.19. The van der Waals surface area contributed by atoms with Gasteiger partial charge in [0.15, 0.2) is 6.61 Å². The van der Waals surface area contributed by atoms with Crippen molar-refractivity contribution in [1.29, 1.82) is 5.26 Å². The number of nitriles is 1. The van der Waals surface area contributed by atoms with E-state index in [1.807, 2.05) is 25.1 Å². The van der Waals surface area contributed by atoms with Crippen LogP contribution in [0.4, 0.5) is 0 Å². The highest BCUT2D eigenvalue weighted by Gasteiger charge is 2.10. The molecule has 0 N–H and O–H groups in total. The minimum Gasteiger partial charge on any atom is -0.482 e. The summed E-state index contributed by atoms with van der Waals surface area (Å²) in [6.07, 6.45) is 1.35. The van der Waals surface area contributed by atoms with Gasteiger partial charge in [0.25, 0.3) is 0 Å². The normalized spacial score (nSPS) is 10.6. The van der Waals surface area contributed by atoms with Crippen LogP contribution in [0.3, 0.4) is 0 Å². The maximum absolute atomic E-state index is 11.9. The van der Waals surface area contributed by atoms with Crippen molar-refractivity contribution in [3.63, 3.8) is 0 Å². The van der Waals surface area contributed by atoms with Crippen molar-refractivity contribution in [2.75, 3.05) is 13.7 Å². The van der Waals surface area contributed by atoms with Crippen LogP contribution in [0.2, 0.25) is 0 Å². The first-order valence-electron chi connectivity index (χ1n) is 7.72. The quantitative estimate of drug-likeness (QED) is 0.344. The molecule has 0 bridgehead atoms. The number of benzene rings is 2. The molecule has 0 radical (unpaired) electrons. The van der Waals surface area contributed by atoms with Gasteiger partial charge in [-0.25, -0.2) is 9.59 Å². The monoisotopic (exact) mass is 351 g/mol. The van der Waals surface area contributed by atoms with Crippen LogP contribution >= 0.6 is 0 Å². The van der Waals surface area contributed by atoms with Crippen molar-refractivity contribution in [2.24, 2.45) is 0 Å². The number of nitrogens with zero attached hydrogens (tertiary/aromatic N) is 1. The Balaban J connectivity index is 2.01. The van der Waals surface area contributed by atoms with Crippen molar-refractivity contribution < 1.29 is 23.8 Å². The number of methoxy groups -OCH3 is 1. The molecule has 0 aromatic heterocycles. The average molecular weight is 351 g/mol. The average Bonchev–Trinajstić information content (AvgIpc) is 2.64. The number of hydrogen-bond donors (Lipinski definition) is 0. The van der Waals surface area contributed by atoms with Crippen LogP contribution in [0.25, 0.3) is 6.08 Å². The predicted octanol–water partition coefficient (Wildman–Crippen LogP) is 3.06. The zero-order valence-corrected chi connectivity index (χ0v) is 14.4. The van der Waals surface area contributed by atoms with E-state index in [2.05, 4.69) is 4.74 Å². The summed E-state index contributed by atoms with van der Waals surface area (Å²) in [6.45, 7) is 1.68. The minimum atomic E-state index is -0.735. The van der Waals surface area contributed by atoms with Gasteiger partial charge in [0.05, 0.1) is 7.11 Å². The van der Waals surface area contributed by atoms with Gasteiger partial charge in [-0.1, -0.05) is 24.3 Å². The summed E-state index contributed by atoms with van der Waals surface area (Å²) in [5.41, 5.74) is 1.39. The molecule has 0 amide bonds. The fourth-order valence-electron chi connectivity index (χ4n) is 2.09. The summed E-state index contributed by atoms with van der Waals surface area (Å²) in [4.78, 5) is 23.4. The molecule has 0 spiro atoms. The Morgan fingerprint density at radius 2 is 1.85 bits per heavy atom. The smallest absolute Gasteiger partial charge is 0.349 e. The minimum absolute atomic E-state index is 0.154. The molecular formula is C20H17NO5. The Morgan fingerprint density at radius 1 is 1.12 bits per heavy atom. The number of ether oxygens (including phenoxy) is 3. The van der Waals surface area contributed by atoms with Crippen molar-refractivity contribution in [1.82, 2.24) is 0 Å². The van der Waals surface area contributed by atoms with Crippen molar-refractivity contribution >= 4 is 18.0 Å². The lowest BCUT2D eigenvalue weighted by Crippen LogP contribution is -2.17. The SMILES string of the molecule is COC(=O)/C(C#N)=C/c1cccc(OC(=O)COc2cccc(C)c2)c1. The highest BCUT2D eigenvalue weighted by Crippen LogP contribution is 2.17. The van der Waals surface area contributed by atoms with E-state index in [9.17, 15) is 9.59 Å². The molecule has 0 aliphatic rings. The van der Waals surface area contributed by atoms with Crippen LogP contribution in [0.1, 0.15) is 11.1 Å². The first-order chi connectivity index (χ1) is 12.5. The van der Waals surface area contributed by atoms with Gasteiger partial charge in [0, 0.05) is 0 Å². The molecule has 0 atom stereocenters. The van der Waals surface area contributed by atoms with Crippen molar-refractivity contribution in [3.8, 4) is 17.6 Å². The molecule has 0 aliphatic carbocycles. The summed E-state index contributed by atoms with van der Waals surface area (Å²) < 4.78 is 15.1. The van der Waals surface area contributed by atoms with Crippen LogP contribution in [-0.2, 0) is 14.3 Å². The number of carbonyl (C=O) groups excluding carboxylic acids is 2. The van der Waals surface area contributed by atoms with Crippen LogP contribution < -0.4 is 9.47 Å². The molecule has 0 saturated carbocycles. The second-order valence-corrected chi connectivity index (χ2v) is 5.31. The Kier molecular flexibility index (Phi) is 6.52. The summed E-state index contributed by atoms with van der Waals surface area (Å²) in [6, 6.07) is 15.5. The van der Waals surface area contributed by atoms with Crippen molar-refractivity contribution in [2.45, 2.75) is 6.92 Å². The van der Waals surface area contributed by atoms with E-state index in [0.717, 1.165) is 5.56 Å². The summed E-state index contributed by atoms with van der Waals surface area (Å²) >= 11 is 0. The van der Waals surface area contributed by atoms with E-state index in [0.29, 0.717) is 11.3 Å². The standard InChI is InChI=1S/C20H17NO5/c1-14-5-3-7-17(9-14)25-13-19(22)26-18-8-4-6-15(11-18)10-16(12-21)20(23)24-2/h3-11H,13H2,1-2H3/b16-10+. The third-order valence-corrected chi connectivity index (χ3v) is 3.27. The van der Waals surface area contributed by atoms with Gasteiger partial charge in [-0.15, -0.1) is 0 Å². The molecule has 26 heavy (non-hydrogen) atoms. The summed E-state index contributed by atoms with van der Waals surface area (Å²) in [5.74, 6) is -0.448. The van der Waals surface area contributed by atoms with Gasteiger partial charge >= 0.3 is 11.9 Å². The first kappa shape index (κ1) is 18.7. The largest absolute Gasteiger partial charge is 0.482 e. The molecule has 0 fully saturated rings. The van der Waals surface area contributed by atoms with Gasteiger partial charge in [0.2, 0.25) is 0 Å². The molecule has 0 heterocycles. The zero-order chi connectivity index (χ0) is 18.9. The van der Waals surface area contributed by atoms with E-state index < -0.39 is 11.9 Å². The third kappa shape index (κ3) is 5.49. The molecule has 0 unspecified atom stereocenters. The fourth-order valence-corrected chi connectivity index (χ4v) is 2.09. The lowest BCUT2D eigenvalue weighted by molar-refractivity contribution is -0.137. The Morgan fingerprint density at radius 3 is 2.54 bits per heavy atom. The number of esters is 2. The predicted molar refractivity (Wildman–Crippen MR) is 94.4 cm³/mol. The van der Waals surface area contributed by atoms with Gasteiger partial charge in [-0.3, -0.25) is 0 Å². The summed E-state index contributed by atoms with van der Waals surface area (Å²) in [5, 5.41) is 8.98. The Bertz CT molecular complexity index is 880.